The zero-order chi connectivity index (χ0) is 14.3. The molecule has 1 heterocycles. The van der Waals surface area contributed by atoms with E-state index in [-0.39, 0.29) is 5.56 Å². The second-order valence-corrected chi connectivity index (χ2v) is 4.45. The molecule has 19 heavy (non-hydrogen) atoms. The van der Waals surface area contributed by atoms with E-state index in [4.69, 9.17) is 0 Å². The van der Waals surface area contributed by atoms with Crippen molar-refractivity contribution in [3.63, 3.8) is 0 Å². The molecule has 2 nitrogen and oxygen atoms in total. The summed E-state index contributed by atoms with van der Waals surface area (Å²) < 4.78 is 58.5. The van der Waals surface area contributed by atoms with Crippen LogP contribution < -0.4 is 4.74 Å². The molecule has 1 aliphatic rings. The summed E-state index contributed by atoms with van der Waals surface area (Å²) in [6.07, 6.45) is 0.638. The number of ether oxygens (including phenoxy) is 1. The number of esters is 1. The van der Waals surface area contributed by atoms with E-state index in [1.807, 2.05) is 0 Å². The maximum atomic E-state index is 13.8. The Morgan fingerprint density at radius 2 is 1.42 bits per heavy atom. The van der Waals surface area contributed by atoms with Crippen LogP contribution >= 0.6 is 0 Å². The first-order valence-electron chi connectivity index (χ1n) is 6.01. The average molecular weight is 276 g/mol. The summed E-state index contributed by atoms with van der Waals surface area (Å²) in [6, 6.07) is 0. The molecule has 0 aliphatic carbocycles. The maximum Gasteiger partial charge on any atom is 0.315 e. The lowest BCUT2D eigenvalue weighted by molar-refractivity contribution is -0.141. The van der Waals surface area contributed by atoms with Crippen molar-refractivity contribution in [3.8, 4) is 5.75 Å². The highest BCUT2D eigenvalue weighted by atomic mass is 19.2. The van der Waals surface area contributed by atoms with E-state index < -0.39 is 46.8 Å². The van der Waals surface area contributed by atoms with Crippen LogP contribution in [0.3, 0.4) is 0 Å². The van der Waals surface area contributed by atoms with E-state index in [0.717, 1.165) is 0 Å². The Kier molecular flexibility index (Phi) is 3.52. The van der Waals surface area contributed by atoms with E-state index in [1.54, 1.807) is 13.8 Å². The minimum Gasteiger partial charge on any atom is -0.423 e. The molecule has 0 fully saturated rings. The summed E-state index contributed by atoms with van der Waals surface area (Å²) >= 11 is 0. The second-order valence-electron chi connectivity index (χ2n) is 4.45. The number of carbonyl (C=O) groups excluding carboxylic acids is 1. The maximum absolute atomic E-state index is 13.8. The van der Waals surface area contributed by atoms with Crippen LogP contribution in [0.2, 0.25) is 0 Å². The van der Waals surface area contributed by atoms with Gasteiger partial charge in [0.05, 0.1) is 5.92 Å². The van der Waals surface area contributed by atoms with Crippen LogP contribution in [-0.2, 0) is 4.79 Å². The smallest absolute Gasteiger partial charge is 0.315 e. The van der Waals surface area contributed by atoms with Gasteiger partial charge in [-0.2, -0.15) is 4.39 Å². The summed E-state index contributed by atoms with van der Waals surface area (Å²) in [6.45, 7) is 3.35. The van der Waals surface area contributed by atoms with Crippen molar-refractivity contribution in [2.24, 2.45) is 5.92 Å². The first kappa shape index (κ1) is 13.8. The van der Waals surface area contributed by atoms with E-state index in [0.29, 0.717) is 12.8 Å². The summed E-state index contributed by atoms with van der Waals surface area (Å²) in [4.78, 5) is 11.7. The summed E-state index contributed by atoms with van der Waals surface area (Å²) in [5.41, 5.74) is -0.384. The molecular formula is C13H12F4O2. The number of fused-ring (bicyclic) bond motifs is 1. The SMILES string of the molecule is CCC1C(=O)Oc2c(F)c(F)c(F)c(F)c2C1CC. The zero-order valence-electron chi connectivity index (χ0n) is 10.4. The molecule has 1 aliphatic heterocycles. The molecule has 0 N–H and O–H groups in total. The van der Waals surface area contributed by atoms with Crippen LogP contribution in [0, 0.1) is 29.2 Å². The fraction of sp³-hybridized carbons (Fsp3) is 0.462. The van der Waals surface area contributed by atoms with Gasteiger partial charge in [-0.15, -0.1) is 0 Å². The lowest BCUT2D eigenvalue weighted by atomic mass is 9.80. The molecule has 6 heteroatoms. The van der Waals surface area contributed by atoms with Gasteiger partial charge in [-0.1, -0.05) is 13.8 Å². The van der Waals surface area contributed by atoms with Gasteiger partial charge in [-0.3, -0.25) is 4.79 Å². The molecule has 0 saturated heterocycles. The van der Waals surface area contributed by atoms with Crippen LogP contribution in [0.15, 0.2) is 0 Å². The van der Waals surface area contributed by atoms with Crippen LogP contribution in [-0.4, -0.2) is 5.97 Å². The van der Waals surface area contributed by atoms with Crippen molar-refractivity contribution in [1.29, 1.82) is 0 Å². The summed E-state index contributed by atoms with van der Waals surface area (Å²) in [5.74, 6) is -9.94. The van der Waals surface area contributed by atoms with Gasteiger partial charge < -0.3 is 4.74 Å². The Bertz CT molecular complexity index is 542. The van der Waals surface area contributed by atoms with Crippen molar-refractivity contribution >= 4 is 5.97 Å². The predicted molar refractivity (Wildman–Crippen MR) is 58.7 cm³/mol. The first-order valence-corrected chi connectivity index (χ1v) is 6.01. The minimum atomic E-state index is -1.96. The van der Waals surface area contributed by atoms with Crippen molar-refractivity contribution in [2.75, 3.05) is 0 Å². The monoisotopic (exact) mass is 276 g/mol. The van der Waals surface area contributed by atoms with E-state index >= 15 is 0 Å². The molecule has 2 rings (SSSR count). The molecule has 0 aromatic heterocycles. The zero-order valence-corrected chi connectivity index (χ0v) is 10.4. The average Bonchev–Trinajstić information content (AvgIpc) is 2.41. The molecule has 0 saturated carbocycles. The van der Waals surface area contributed by atoms with Crippen LogP contribution in [0.5, 0.6) is 5.75 Å². The van der Waals surface area contributed by atoms with Crippen LogP contribution in [0.4, 0.5) is 17.6 Å². The molecule has 1 aromatic carbocycles. The number of hydrogen-bond donors (Lipinski definition) is 0. The molecule has 0 amide bonds. The predicted octanol–water partition coefficient (Wildman–Crippen LogP) is 3.68. The van der Waals surface area contributed by atoms with Gasteiger partial charge in [0.15, 0.2) is 17.4 Å². The van der Waals surface area contributed by atoms with E-state index in [2.05, 4.69) is 4.74 Å². The Morgan fingerprint density at radius 1 is 0.895 bits per heavy atom. The molecule has 1 aromatic rings. The fourth-order valence-corrected chi connectivity index (χ4v) is 2.54. The Hall–Kier alpha value is -1.59. The molecule has 0 radical (unpaired) electrons. The number of hydrogen-bond acceptors (Lipinski definition) is 2. The van der Waals surface area contributed by atoms with E-state index in [1.165, 1.54) is 0 Å². The highest BCUT2D eigenvalue weighted by Crippen LogP contribution is 2.45. The first-order chi connectivity index (χ1) is 8.93. The Balaban J connectivity index is 2.73. The standard InChI is InChI=1S/C13H12F4O2/c1-3-5-6(4-2)13(18)19-12-7(5)8(14)9(15)10(16)11(12)17/h5-6H,3-4H2,1-2H3. The molecule has 2 atom stereocenters. The number of benzene rings is 1. The third-order valence-electron chi connectivity index (χ3n) is 3.50. The number of halogens is 4. The van der Waals surface area contributed by atoms with Crippen molar-refractivity contribution < 1.29 is 27.1 Å². The van der Waals surface area contributed by atoms with Gasteiger partial charge in [0.25, 0.3) is 0 Å². The number of carbonyl (C=O) groups is 1. The summed E-state index contributed by atoms with van der Waals surface area (Å²) in [7, 11) is 0. The number of rotatable bonds is 2. The highest BCUT2D eigenvalue weighted by molar-refractivity contribution is 5.79. The highest BCUT2D eigenvalue weighted by Gasteiger charge is 2.41. The van der Waals surface area contributed by atoms with Crippen LogP contribution in [0.1, 0.15) is 38.2 Å². The molecule has 0 spiro atoms. The fourth-order valence-electron chi connectivity index (χ4n) is 2.54. The topological polar surface area (TPSA) is 26.3 Å². The Labute approximate surface area is 107 Å². The van der Waals surface area contributed by atoms with Gasteiger partial charge in [0.1, 0.15) is 0 Å². The quantitative estimate of drug-likeness (QED) is 0.271. The van der Waals surface area contributed by atoms with E-state index in [9.17, 15) is 22.4 Å². The van der Waals surface area contributed by atoms with Gasteiger partial charge in [-0.25, -0.2) is 13.2 Å². The normalized spacial score (nSPS) is 22.1. The molecule has 2 unspecified atom stereocenters. The van der Waals surface area contributed by atoms with Crippen molar-refractivity contribution in [3.05, 3.63) is 28.8 Å². The van der Waals surface area contributed by atoms with Gasteiger partial charge in [0, 0.05) is 11.5 Å². The summed E-state index contributed by atoms with van der Waals surface area (Å²) in [5, 5.41) is 0. The third kappa shape index (κ3) is 1.89. The Morgan fingerprint density at radius 3 is 1.95 bits per heavy atom. The molecule has 104 valence electrons. The van der Waals surface area contributed by atoms with Crippen molar-refractivity contribution in [2.45, 2.75) is 32.6 Å². The lowest BCUT2D eigenvalue weighted by Crippen LogP contribution is -2.33. The molecular weight excluding hydrogens is 264 g/mol. The van der Waals surface area contributed by atoms with Crippen molar-refractivity contribution in [1.82, 2.24) is 0 Å². The third-order valence-corrected chi connectivity index (χ3v) is 3.50. The van der Waals surface area contributed by atoms with Gasteiger partial charge in [0.2, 0.25) is 11.6 Å². The largest absolute Gasteiger partial charge is 0.423 e. The molecule has 0 bridgehead atoms. The minimum absolute atomic E-state index is 0.294. The second kappa shape index (κ2) is 4.83. The lowest BCUT2D eigenvalue weighted by Gasteiger charge is -2.31. The van der Waals surface area contributed by atoms with Gasteiger partial charge >= 0.3 is 5.97 Å². The van der Waals surface area contributed by atoms with Crippen LogP contribution in [0.25, 0.3) is 0 Å². The van der Waals surface area contributed by atoms with Gasteiger partial charge in [-0.05, 0) is 12.8 Å².